The summed E-state index contributed by atoms with van der Waals surface area (Å²) < 4.78 is 4.84. The molecule has 0 radical (unpaired) electrons. The zero-order chi connectivity index (χ0) is 10.8. The summed E-state index contributed by atoms with van der Waals surface area (Å²) in [6.45, 7) is 0. The van der Waals surface area contributed by atoms with E-state index in [9.17, 15) is 9.90 Å². The number of aromatic hydroxyl groups is 1. The molecule has 0 atom stereocenters. The minimum absolute atomic E-state index is 0.0839. The van der Waals surface area contributed by atoms with Gasteiger partial charge >= 0.3 is 5.97 Å². The molecule has 0 aliphatic heterocycles. The Bertz CT molecular complexity index is 499. The lowest BCUT2D eigenvalue weighted by Gasteiger charge is -1.99. The van der Waals surface area contributed by atoms with Crippen LogP contribution in [0.5, 0.6) is 5.75 Å². The van der Waals surface area contributed by atoms with Crippen LogP contribution in [-0.4, -0.2) is 16.2 Å². The quantitative estimate of drug-likeness (QED) is 0.787. The first kappa shape index (κ1) is 9.33. The standard InChI is InChI=1S/C11H8O4/c12-8-3-1-2-7(4-8)9-5-15-6-10(9)11(13)14/h1-6,12H,(H,13,14). The highest BCUT2D eigenvalue weighted by Gasteiger charge is 2.14. The van der Waals surface area contributed by atoms with Gasteiger partial charge in [0.25, 0.3) is 0 Å². The third-order valence-electron chi connectivity index (χ3n) is 2.05. The third kappa shape index (κ3) is 1.69. The lowest BCUT2D eigenvalue weighted by atomic mass is 10.0. The number of phenolic OH excluding ortho intramolecular Hbond substituents is 1. The van der Waals surface area contributed by atoms with Crippen LogP contribution in [0, 0.1) is 0 Å². The minimum Gasteiger partial charge on any atom is -0.508 e. The summed E-state index contributed by atoms with van der Waals surface area (Å²) in [7, 11) is 0. The molecule has 2 aromatic rings. The predicted molar refractivity (Wildman–Crippen MR) is 52.8 cm³/mol. The van der Waals surface area contributed by atoms with Crippen molar-refractivity contribution in [1.82, 2.24) is 0 Å². The molecule has 1 aromatic carbocycles. The molecule has 1 aromatic heterocycles. The molecule has 4 nitrogen and oxygen atoms in total. The van der Waals surface area contributed by atoms with Crippen LogP contribution < -0.4 is 0 Å². The molecule has 0 saturated heterocycles. The molecule has 0 amide bonds. The Morgan fingerprint density at radius 2 is 2.07 bits per heavy atom. The molecule has 0 unspecified atom stereocenters. The number of furan rings is 1. The first-order valence-corrected chi connectivity index (χ1v) is 4.27. The van der Waals surface area contributed by atoms with Crippen LogP contribution in [0.2, 0.25) is 0 Å². The first-order chi connectivity index (χ1) is 7.18. The van der Waals surface area contributed by atoms with Gasteiger partial charge in [-0.2, -0.15) is 0 Å². The van der Waals surface area contributed by atoms with E-state index in [0.717, 1.165) is 0 Å². The van der Waals surface area contributed by atoms with Crippen LogP contribution >= 0.6 is 0 Å². The highest BCUT2D eigenvalue weighted by Crippen LogP contribution is 2.27. The van der Waals surface area contributed by atoms with Crippen molar-refractivity contribution in [3.05, 3.63) is 42.4 Å². The summed E-state index contributed by atoms with van der Waals surface area (Å²) in [6.07, 6.45) is 2.51. The first-order valence-electron chi connectivity index (χ1n) is 4.27. The molecule has 76 valence electrons. The van der Waals surface area contributed by atoms with Gasteiger partial charge in [-0.05, 0) is 17.7 Å². The average Bonchev–Trinajstić information content (AvgIpc) is 2.65. The summed E-state index contributed by atoms with van der Waals surface area (Å²) >= 11 is 0. The van der Waals surface area contributed by atoms with Gasteiger partial charge in [-0.3, -0.25) is 0 Å². The number of benzene rings is 1. The van der Waals surface area contributed by atoms with E-state index in [1.807, 2.05) is 0 Å². The molecular weight excluding hydrogens is 196 g/mol. The molecule has 1 heterocycles. The molecule has 2 N–H and O–H groups in total. The summed E-state index contributed by atoms with van der Waals surface area (Å²) in [5.41, 5.74) is 1.15. The number of phenols is 1. The van der Waals surface area contributed by atoms with E-state index in [1.165, 1.54) is 24.7 Å². The zero-order valence-corrected chi connectivity index (χ0v) is 7.68. The molecule has 4 heteroatoms. The maximum atomic E-state index is 10.8. The van der Waals surface area contributed by atoms with E-state index in [0.29, 0.717) is 11.1 Å². The van der Waals surface area contributed by atoms with E-state index >= 15 is 0 Å². The van der Waals surface area contributed by atoms with Crippen molar-refractivity contribution in [2.75, 3.05) is 0 Å². The van der Waals surface area contributed by atoms with Gasteiger partial charge in [0.2, 0.25) is 0 Å². The molecule has 0 aliphatic carbocycles. The molecule has 0 fully saturated rings. The van der Waals surface area contributed by atoms with Gasteiger partial charge in [0.15, 0.2) is 0 Å². The highest BCUT2D eigenvalue weighted by molar-refractivity contribution is 5.95. The van der Waals surface area contributed by atoms with Gasteiger partial charge in [-0.15, -0.1) is 0 Å². The summed E-state index contributed by atoms with van der Waals surface area (Å²) in [6, 6.07) is 6.35. The lowest BCUT2D eigenvalue weighted by Crippen LogP contribution is -1.95. The van der Waals surface area contributed by atoms with Gasteiger partial charge in [-0.25, -0.2) is 4.79 Å². The van der Waals surface area contributed by atoms with E-state index in [1.54, 1.807) is 12.1 Å². The van der Waals surface area contributed by atoms with Gasteiger partial charge in [0.05, 0.1) is 6.26 Å². The fraction of sp³-hybridized carbons (Fsp3) is 0. The second kappa shape index (κ2) is 3.49. The van der Waals surface area contributed by atoms with Gasteiger partial charge in [0, 0.05) is 5.56 Å². The molecule has 2 rings (SSSR count). The van der Waals surface area contributed by atoms with Crippen molar-refractivity contribution in [2.45, 2.75) is 0 Å². The average molecular weight is 204 g/mol. The summed E-state index contributed by atoms with van der Waals surface area (Å²) in [5, 5.41) is 18.1. The van der Waals surface area contributed by atoms with Crippen LogP contribution in [0.4, 0.5) is 0 Å². The van der Waals surface area contributed by atoms with E-state index in [4.69, 9.17) is 9.52 Å². The Labute approximate surface area is 85.4 Å². The van der Waals surface area contributed by atoms with Crippen molar-refractivity contribution >= 4 is 5.97 Å². The topological polar surface area (TPSA) is 70.7 Å². The fourth-order valence-electron chi connectivity index (χ4n) is 1.36. The second-order valence-corrected chi connectivity index (χ2v) is 3.05. The van der Waals surface area contributed by atoms with E-state index in [2.05, 4.69) is 0 Å². The van der Waals surface area contributed by atoms with Crippen molar-refractivity contribution in [3.63, 3.8) is 0 Å². The van der Waals surface area contributed by atoms with Crippen molar-refractivity contribution in [3.8, 4) is 16.9 Å². The number of carboxylic acids is 1. The number of aromatic carboxylic acids is 1. The van der Waals surface area contributed by atoms with Crippen molar-refractivity contribution < 1.29 is 19.4 Å². The predicted octanol–water partition coefficient (Wildman–Crippen LogP) is 2.35. The third-order valence-corrected chi connectivity index (χ3v) is 2.05. The summed E-state index contributed by atoms with van der Waals surface area (Å²) in [5.74, 6) is -0.966. The summed E-state index contributed by atoms with van der Waals surface area (Å²) in [4.78, 5) is 10.8. The Morgan fingerprint density at radius 1 is 1.27 bits per heavy atom. The highest BCUT2D eigenvalue weighted by atomic mass is 16.4. The maximum Gasteiger partial charge on any atom is 0.339 e. The minimum atomic E-state index is -1.05. The molecule has 0 spiro atoms. The van der Waals surface area contributed by atoms with E-state index < -0.39 is 5.97 Å². The Balaban J connectivity index is 2.54. The molecular formula is C11H8O4. The van der Waals surface area contributed by atoms with Crippen LogP contribution in [0.3, 0.4) is 0 Å². The normalized spacial score (nSPS) is 10.1. The Hall–Kier alpha value is -2.23. The number of hydrogen-bond acceptors (Lipinski definition) is 3. The van der Waals surface area contributed by atoms with Gasteiger partial charge < -0.3 is 14.6 Å². The monoisotopic (exact) mass is 204 g/mol. The lowest BCUT2D eigenvalue weighted by molar-refractivity contribution is 0.0697. The number of hydrogen-bond donors (Lipinski definition) is 2. The Morgan fingerprint density at radius 3 is 2.73 bits per heavy atom. The number of carboxylic acid groups (broad SMARTS) is 1. The molecule has 0 saturated carbocycles. The van der Waals surface area contributed by atoms with E-state index in [-0.39, 0.29) is 11.3 Å². The van der Waals surface area contributed by atoms with Crippen LogP contribution in [0.1, 0.15) is 10.4 Å². The van der Waals surface area contributed by atoms with Gasteiger partial charge in [0.1, 0.15) is 17.6 Å². The SMILES string of the molecule is O=C(O)c1cocc1-c1cccc(O)c1. The number of carbonyl (C=O) groups is 1. The smallest absolute Gasteiger partial charge is 0.339 e. The van der Waals surface area contributed by atoms with Crippen LogP contribution in [-0.2, 0) is 0 Å². The molecule has 0 aliphatic rings. The number of rotatable bonds is 2. The van der Waals surface area contributed by atoms with Crippen LogP contribution in [0.25, 0.3) is 11.1 Å². The Kier molecular flexibility index (Phi) is 2.17. The maximum absolute atomic E-state index is 10.8. The molecule has 0 bridgehead atoms. The largest absolute Gasteiger partial charge is 0.508 e. The van der Waals surface area contributed by atoms with Crippen LogP contribution in [0.15, 0.2) is 41.2 Å². The molecule has 15 heavy (non-hydrogen) atoms. The second-order valence-electron chi connectivity index (χ2n) is 3.05. The van der Waals surface area contributed by atoms with Gasteiger partial charge in [-0.1, -0.05) is 12.1 Å². The van der Waals surface area contributed by atoms with Crippen molar-refractivity contribution in [2.24, 2.45) is 0 Å². The zero-order valence-electron chi connectivity index (χ0n) is 7.68. The fourth-order valence-corrected chi connectivity index (χ4v) is 1.36. The van der Waals surface area contributed by atoms with Crippen molar-refractivity contribution in [1.29, 1.82) is 0 Å².